The Morgan fingerprint density at radius 2 is 2.11 bits per heavy atom. The minimum absolute atomic E-state index is 0.184. The Morgan fingerprint density at radius 1 is 1.39 bits per heavy atom. The maximum Gasteiger partial charge on any atom is 0.257 e. The van der Waals surface area contributed by atoms with Crippen LogP contribution in [0.5, 0.6) is 0 Å². The molecule has 1 aromatic rings. The summed E-state index contributed by atoms with van der Waals surface area (Å²) in [6.45, 7) is 0. The molecule has 0 spiro atoms. The molecule has 1 saturated carbocycles. The minimum atomic E-state index is -0.279. The van der Waals surface area contributed by atoms with Crippen molar-refractivity contribution in [2.75, 3.05) is 5.33 Å². The summed E-state index contributed by atoms with van der Waals surface area (Å²) in [6, 6.07) is 1.37. The summed E-state index contributed by atoms with van der Waals surface area (Å²) >= 11 is 3.49. The van der Waals surface area contributed by atoms with Crippen molar-refractivity contribution in [2.45, 2.75) is 37.6 Å². The lowest BCUT2D eigenvalue weighted by Gasteiger charge is -2.36. The van der Waals surface area contributed by atoms with Crippen molar-refractivity contribution >= 4 is 21.8 Å². The third-order valence-electron chi connectivity index (χ3n) is 3.51. The van der Waals surface area contributed by atoms with Gasteiger partial charge in [0.25, 0.3) is 5.91 Å². The number of rotatable bonds is 3. The van der Waals surface area contributed by atoms with Crippen LogP contribution in [0.15, 0.2) is 23.3 Å². The van der Waals surface area contributed by atoms with Crippen molar-refractivity contribution in [3.63, 3.8) is 0 Å². The van der Waals surface area contributed by atoms with E-state index in [0.717, 1.165) is 31.0 Å². The van der Waals surface area contributed by atoms with Crippen LogP contribution in [-0.2, 0) is 0 Å². The van der Waals surface area contributed by atoms with E-state index in [2.05, 4.69) is 26.2 Å². The normalized spacial score (nSPS) is 18.3. The molecule has 1 fully saturated rings. The van der Waals surface area contributed by atoms with Gasteiger partial charge in [-0.05, 0) is 12.8 Å². The van der Waals surface area contributed by atoms with Crippen molar-refractivity contribution in [1.29, 1.82) is 0 Å². The molecule has 98 valence electrons. The first kappa shape index (κ1) is 13.3. The molecule has 18 heavy (non-hydrogen) atoms. The zero-order valence-electron chi connectivity index (χ0n) is 10.2. The lowest BCUT2D eigenvalue weighted by Crippen LogP contribution is -2.51. The van der Waals surface area contributed by atoms with Gasteiger partial charge in [-0.25, -0.2) is 0 Å². The zero-order chi connectivity index (χ0) is 13.0. The van der Waals surface area contributed by atoms with Crippen LogP contribution >= 0.6 is 15.9 Å². The second-order valence-corrected chi connectivity index (χ2v) is 5.41. The Bertz CT molecular complexity index is 478. The summed E-state index contributed by atoms with van der Waals surface area (Å²) in [5.41, 5.74) is -0.257. The number of carbonyl (C=O) groups excluding carboxylic acids is 1. The van der Waals surface area contributed by atoms with Crippen LogP contribution in [0.4, 0.5) is 0 Å². The average molecular weight is 313 g/mol. The number of nitrogens with one attached hydrogen (secondary N) is 2. The highest BCUT2D eigenvalue weighted by Crippen LogP contribution is 2.29. The van der Waals surface area contributed by atoms with Crippen LogP contribution in [0.1, 0.15) is 42.5 Å². The van der Waals surface area contributed by atoms with E-state index in [9.17, 15) is 9.59 Å². The molecular formula is C13H17BrN2O2. The minimum Gasteiger partial charge on any atom is -0.367 e. The second kappa shape index (κ2) is 5.69. The smallest absolute Gasteiger partial charge is 0.257 e. The molecule has 0 unspecified atom stereocenters. The van der Waals surface area contributed by atoms with Crippen molar-refractivity contribution in [3.05, 3.63) is 34.2 Å². The van der Waals surface area contributed by atoms with Gasteiger partial charge in [0.05, 0.1) is 5.54 Å². The molecule has 0 radical (unpaired) electrons. The Hall–Kier alpha value is -1.10. The van der Waals surface area contributed by atoms with Gasteiger partial charge in [-0.2, -0.15) is 0 Å². The van der Waals surface area contributed by atoms with E-state index in [1.54, 1.807) is 0 Å². The van der Waals surface area contributed by atoms with Crippen LogP contribution in [0.3, 0.4) is 0 Å². The molecule has 2 rings (SSSR count). The highest BCUT2D eigenvalue weighted by Gasteiger charge is 2.33. The molecule has 1 aliphatic rings. The van der Waals surface area contributed by atoms with Crippen molar-refractivity contribution in [2.24, 2.45) is 0 Å². The van der Waals surface area contributed by atoms with Gasteiger partial charge in [-0.15, -0.1) is 0 Å². The predicted octanol–water partition coefficient (Wildman–Crippen LogP) is 2.20. The molecule has 0 aliphatic heterocycles. The quantitative estimate of drug-likeness (QED) is 0.841. The molecule has 0 bridgehead atoms. The highest BCUT2D eigenvalue weighted by atomic mass is 79.9. The number of carbonyl (C=O) groups is 1. The van der Waals surface area contributed by atoms with Gasteiger partial charge < -0.3 is 10.3 Å². The number of halogens is 1. The first-order valence-electron chi connectivity index (χ1n) is 6.22. The second-order valence-electron chi connectivity index (χ2n) is 4.85. The molecule has 1 heterocycles. The van der Waals surface area contributed by atoms with E-state index in [4.69, 9.17) is 0 Å². The molecule has 1 aromatic heterocycles. The number of aromatic amines is 1. The zero-order valence-corrected chi connectivity index (χ0v) is 11.8. The summed E-state index contributed by atoms with van der Waals surface area (Å²) < 4.78 is 0. The fraction of sp³-hybridized carbons (Fsp3) is 0.538. The Labute approximate surface area is 114 Å². The number of amides is 1. The van der Waals surface area contributed by atoms with Gasteiger partial charge >= 0.3 is 0 Å². The largest absolute Gasteiger partial charge is 0.367 e. The van der Waals surface area contributed by atoms with Crippen LogP contribution in [0, 0.1) is 0 Å². The molecule has 4 nitrogen and oxygen atoms in total. The molecule has 2 N–H and O–H groups in total. The summed E-state index contributed by atoms with van der Waals surface area (Å²) in [6.07, 6.45) is 8.39. The first-order valence-corrected chi connectivity index (χ1v) is 7.35. The summed E-state index contributed by atoms with van der Waals surface area (Å²) in [7, 11) is 0. The Morgan fingerprint density at radius 3 is 2.72 bits per heavy atom. The van der Waals surface area contributed by atoms with E-state index in [-0.39, 0.29) is 22.4 Å². The molecule has 0 saturated heterocycles. The van der Waals surface area contributed by atoms with Gasteiger partial charge in [-0.1, -0.05) is 35.2 Å². The fourth-order valence-electron chi connectivity index (χ4n) is 2.42. The number of aromatic nitrogens is 1. The van der Waals surface area contributed by atoms with E-state index >= 15 is 0 Å². The topological polar surface area (TPSA) is 62.0 Å². The Balaban J connectivity index is 2.15. The Kier molecular flexibility index (Phi) is 4.22. The predicted molar refractivity (Wildman–Crippen MR) is 74.1 cm³/mol. The number of hydrogen-bond acceptors (Lipinski definition) is 2. The van der Waals surface area contributed by atoms with Crippen LogP contribution in [0.25, 0.3) is 0 Å². The van der Waals surface area contributed by atoms with Gasteiger partial charge in [-0.3, -0.25) is 9.59 Å². The number of H-pyrrole nitrogens is 1. The van der Waals surface area contributed by atoms with E-state index < -0.39 is 0 Å². The average Bonchev–Trinajstić information content (AvgIpc) is 2.40. The molecule has 1 amide bonds. The van der Waals surface area contributed by atoms with Crippen LogP contribution in [-0.4, -0.2) is 21.8 Å². The first-order chi connectivity index (χ1) is 8.67. The maximum atomic E-state index is 12.1. The summed E-state index contributed by atoms with van der Waals surface area (Å²) in [5.74, 6) is -0.279. The molecule has 0 aromatic carbocycles. The number of alkyl halides is 1. The van der Waals surface area contributed by atoms with Gasteiger partial charge in [0.1, 0.15) is 5.56 Å². The van der Waals surface area contributed by atoms with Crippen molar-refractivity contribution < 1.29 is 4.79 Å². The fourth-order valence-corrected chi connectivity index (χ4v) is 3.12. The standard InChI is InChI=1S/C13H17BrN2O2/c14-9-13(5-2-1-3-6-13)16-12(18)10-8-15-7-4-11(10)17/h4,7-8H,1-3,5-6,9H2,(H,15,17)(H,16,18). The third kappa shape index (κ3) is 2.83. The molecular weight excluding hydrogens is 296 g/mol. The van der Waals surface area contributed by atoms with Crippen LogP contribution in [0.2, 0.25) is 0 Å². The van der Waals surface area contributed by atoms with Gasteiger partial charge in [0.15, 0.2) is 5.43 Å². The van der Waals surface area contributed by atoms with E-state index in [0.29, 0.717) is 0 Å². The van der Waals surface area contributed by atoms with E-state index in [1.807, 2.05) is 0 Å². The third-order valence-corrected chi connectivity index (χ3v) is 4.59. The SMILES string of the molecule is O=C(NC1(CBr)CCCCC1)c1c[nH]ccc1=O. The van der Waals surface area contributed by atoms with Crippen LogP contribution < -0.4 is 10.7 Å². The summed E-state index contributed by atoms with van der Waals surface area (Å²) in [5, 5.41) is 3.77. The highest BCUT2D eigenvalue weighted by molar-refractivity contribution is 9.09. The number of pyridine rings is 1. The monoisotopic (exact) mass is 312 g/mol. The molecule has 1 aliphatic carbocycles. The van der Waals surface area contributed by atoms with Gasteiger partial charge in [0, 0.05) is 23.8 Å². The molecule has 0 atom stereocenters. The van der Waals surface area contributed by atoms with Crippen molar-refractivity contribution in [1.82, 2.24) is 10.3 Å². The summed E-state index contributed by atoms with van der Waals surface area (Å²) in [4.78, 5) is 26.5. The molecule has 5 heteroatoms. The lowest BCUT2D eigenvalue weighted by atomic mass is 9.83. The number of hydrogen-bond donors (Lipinski definition) is 2. The van der Waals surface area contributed by atoms with E-state index in [1.165, 1.54) is 24.9 Å². The van der Waals surface area contributed by atoms with Crippen molar-refractivity contribution in [3.8, 4) is 0 Å². The van der Waals surface area contributed by atoms with Gasteiger partial charge in [0.2, 0.25) is 0 Å². The lowest BCUT2D eigenvalue weighted by molar-refractivity contribution is 0.0885. The maximum absolute atomic E-state index is 12.1.